The van der Waals surface area contributed by atoms with Crippen molar-refractivity contribution in [1.82, 2.24) is 16.0 Å². The molecule has 1 aromatic rings. The number of hydrogen-bond acceptors (Lipinski definition) is 4. The van der Waals surface area contributed by atoms with Crippen LogP contribution in [0.2, 0.25) is 5.02 Å². The standard InChI is InChI=1S/C21H33ClN4O3/c1-21(2,3)29-20(27)26-17-10-8-16(9-11-17)25-19(23-4)24-13-14-6-7-15(22)12-18(14)28-5/h6-7,12,16-17H,8-11,13H2,1-5H3,(H,26,27)(H2,23,24,25). The second-order valence-corrected chi connectivity index (χ2v) is 8.66. The number of aliphatic imine (C=N–C) groups is 1. The highest BCUT2D eigenvalue weighted by atomic mass is 35.5. The molecule has 29 heavy (non-hydrogen) atoms. The lowest BCUT2D eigenvalue weighted by atomic mass is 9.91. The number of amides is 1. The van der Waals surface area contributed by atoms with Crippen molar-refractivity contribution in [2.45, 2.75) is 70.7 Å². The Balaban J connectivity index is 1.78. The molecule has 0 spiro atoms. The fraction of sp³-hybridized carbons (Fsp3) is 0.619. The van der Waals surface area contributed by atoms with Gasteiger partial charge in [0.15, 0.2) is 5.96 Å². The molecule has 0 heterocycles. The van der Waals surface area contributed by atoms with Gasteiger partial charge in [-0.3, -0.25) is 4.99 Å². The summed E-state index contributed by atoms with van der Waals surface area (Å²) in [6.07, 6.45) is 3.36. The predicted octanol–water partition coefficient (Wildman–Crippen LogP) is 3.85. The summed E-state index contributed by atoms with van der Waals surface area (Å²) in [5.41, 5.74) is 0.526. The van der Waals surface area contributed by atoms with Crippen LogP contribution in [-0.4, -0.2) is 43.9 Å². The first-order chi connectivity index (χ1) is 13.7. The van der Waals surface area contributed by atoms with E-state index in [0.29, 0.717) is 17.6 Å². The number of guanidine groups is 1. The fourth-order valence-electron chi connectivity index (χ4n) is 3.29. The molecule has 1 aromatic carbocycles. The average molecular weight is 425 g/mol. The van der Waals surface area contributed by atoms with Crippen molar-refractivity contribution in [1.29, 1.82) is 0 Å². The lowest BCUT2D eigenvalue weighted by Gasteiger charge is -2.31. The lowest BCUT2D eigenvalue weighted by molar-refractivity contribution is 0.0490. The number of rotatable bonds is 5. The van der Waals surface area contributed by atoms with Gasteiger partial charge in [-0.1, -0.05) is 17.7 Å². The fourth-order valence-corrected chi connectivity index (χ4v) is 3.45. The second kappa shape index (κ2) is 10.6. The van der Waals surface area contributed by atoms with Crippen LogP contribution in [0.25, 0.3) is 0 Å². The number of carbonyl (C=O) groups is 1. The van der Waals surface area contributed by atoms with Crippen LogP contribution in [-0.2, 0) is 11.3 Å². The van der Waals surface area contributed by atoms with Crippen LogP contribution in [0.15, 0.2) is 23.2 Å². The van der Waals surface area contributed by atoms with E-state index in [4.69, 9.17) is 21.1 Å². The van der Waals surface area contributed by atoms with E-state index < -0.39 is 5.60 Å². The Kier molecular flexibility index (Phi) is 8.44. The highest BCUT2D eigenvalue weighted by Crippen LogP contribution is 2.23. The number of nitrogens with zero attached hydrogens (tertiary/aromatic N) is 1. The van der Waals surface area contributed by atoms with E-state index in [1.54, 1.807) is 20.2 Å². The normalized spacial score (nSPS) is 20.0. The number of halogens is 1. The first kappa shape index (κ1) is 23.1. The Hall–Kier alpha value is -2.15. The van der Waals surface area contributed by atoms with E-state index in [1.807, 2.05) is 32.9 Å². The van der Waals surface area contributed by atoms with Gasteiger partial charge in [0.1, 0.15) is 11.4 Å². The minimum Gasteiger partial charge on any atom is -0.496 e. The zero-order valence-corrected chi connectivity index (χ0v) is 18.7. The molecular weight excluding hydrogens is 392 g/mol. The van der Waals surface area contributed by atoms with Crippen LogP contribution in [0.1, 0.15) is 52.0 Å². The highest BCUT2D eigenvalue weighted by molar-refractivity contribution is 6.30. The van der Waals surface area contributed by atoms with Crippen molar-refractivity contribution in [3.05, 3.63) is 28.8 Å². The van der Waals surface area contributed by atoms with Gasteiger partial charge in [0, 0.05) is 36.3 Å². The lowest BCUT2D eigenvalue weighted by Crippen LogP contribution is -2.47. The van der Waals surface area contributed by atoms with Gasteiger partial charge < -0.3 is 25.4 Å². The number of carbonyl (C=O) groups excluding carboxylic acids is 1. The zero-order chi connectivity index (χ0) is 21.4. The summed E-state index contributed by atoms with van der Waals surface area (Å²) in [5.74, 6) is 1.49. The molecule has 0 unspecified atom stereocenters. The van der Waals surface area contributed by atoms with Crippen molar-refractivity contribution in [2.75, 3.05) is 14.2 Å². The maximum Gasteiger partial charge on any atom is 0.407 e. The first-order valence-electron chi connectivity index (χ1n) is 9.99. The summed E-state index contributed by atoms with van der Waals surface area (Å²) in [6.45, 7) is 6.18. The van der Waals surface area contributed by atoms with Crippen LogP contribution < -0.4 is 20.7 Å². The van der Waals surface area contributed by atoms with Crippen LogP contribution in [0.4, 0.5) is 4.79 Å². The molecule has 1 fully saturated rings. The summed E-state index contributed by atoms with van der Waals surface area (Å²) < 4.78 is 10.7. The third kappa shape index (κ3) is 8.01. The van der Waals surface area contributed by atoms with Gasteiger partial charge in [-0.25, -0.2) is 4.79 Å². The maximum absolute atomic E-state index is 11.9. The number of ether oxygens (including phenoxy) is 2. The molecule has 3 N–H and O–H groups in total. The predicted molar refractivity (Wildman–Crippen MR) is 117 cm³/mol. The minimum atomic E-state index is -0.478. The Bertz CT molecular complexity index is 710. The molecule has 7 nitrogen and oxygen atoms in total. The molecule has 162 valence electrons. The van der Waals surface area contributed by atoms with Crippen LogP contribution in [0.3, 0.4) is 0 Å². The summed E-state index contributed by atoms with van der Waals surface area (Å²) in [7, 11) is 3.39. The number of methoxy groups -OCH3 is 1. The molecule has 0 radical (unpaired) electrons. The van der Waals surface area contributed by atoms with E-state index in [1.165, 1.54) is 0 Å². The highest BCUT2D eigenvalue weighted by Gasteiger charge is 2.25. The van der Waals surface area contributed by atoms with E-state index in [0.717, 1.165) is 43.0 Å². The van der Waals surface area contributed by atoms with Crippen molar-refractivity contribution in [3.8, 4) is 5.75 Å². The van der Waals surface area contributed by atoms with Gasteiger partial charge in [-0.15, -0.1) is 0 Å². The minimum absolute atomic E-state index is 0.149. The van der Waals surface area contributed by atoms with Crippen molar-refractivity contribution in [3.63, 3.8) is 0 Å². The molecule has 2 rings (SSSR count). The van der Waals surface area contributed by atoms with Gasteiger partial charge in [-0.05, 0) is 58.6 Å². The Morgan fingerprint density at radius 2 is 1.79 bits per heavy atom. The van der Waals surface area contributed by atoms with E-state index in [-0.39, 0.29) is 12.1 Å². The summed E-state index contributed by atoms with van der Waals surface area (Å²) in [4.78, 5) is 16.2. The number of alkyl carbamates (subject to hydrolysis) is 1. The molecule has 1 aliphatic rings. The van der Waals surface area contributed by atoms with Crippen LogP contribution >= 0.6 is 11.6 Å². The molecule has 0 atom stereocenters. The molecule has 1 amide bonds. The van der Waals surface area contributed by atoms with Crippen LogP contribution in [0, 0.1) is 0 Å². The monoisotopic (exact) mass is 424 g/mol. The average Bonchev–Trinajstić information content (AvgIpc) is 2.65. The van der Waals surface area contributed by atoms with E-state index in [9.17, 15) is 4.79 Å². The topological polar surface area (TPSA) is 84.0 Å². The van der Waals surface area contributed by atoms with Gasteiger partial charge in [0.05, 0.1) is 7.11 Å². The molecular formula is C21H33ClN4O3. The third-order valence-corrected chi connectivity index (χ3v) is 4.94. The van der Waals surface area contributed by atoms with Gasteiger partial charge in [-0.2, -0.15) is 0 Å². The maximum atomic E-state index is 11.9. The molecule has 0 aliphatic heterocycles. The van der Waals surface area contributed by atoms with Crippen LogP contribution in [0.5, 0.6) is 5.75 Å². The largest absolute Gasteiger partial charge is 0.496 e. The van der Waals surface area contributed by atoms with Gasteiger partial charge >= 0.3 is 6.09 Å². The van der Waals surface area contributed by atoms with Crippen molar-refractivity contribution < 1.29 is 14.3 Å². The second-order valence-electron chi connectivity index (χ2n) is 8.22. The van der Waals surface area contributed by atoms with Crippen molar-refractivity contribution >= 4 is 23.7 Å². The first-order valence-corrected chi connectivity index (χ1v) is 10.4. The Morgan fingerprint density at radius 1 is 1.17 bits per heavy atom. The number of nitrogens with one attached hydrogen (secondary N) is 3. The van der Waals surface area contributed by atoms with Gasteiger partial charge in [0.2, 0.25) is 0 Å². The number of benzene rings is 1. The zero-order valence-electron chi connectivity index (χ0n) is 18.0. The Labute approximate surface area is 178 Å². The molecule has 1 saturated carbocycles. The molecule has 1 aliphatic carbocycles. The quantitative estimate of drug-likeness (QED) is 0.494. The molecule has 8 heteroatoms. The molecule has 0 saturated heterocycles. The Morgan fingerprint density at radius 3 is 2.34 bits per heavy atom. The van der Waals surface area contributed by atoms with Gasteiger partial charge in [0.25, 0.3) is 0 Å². The molecule has 0 bridgehead atoms. The summed E-state index contributed by atoms with van der Waals surface area (Å²) >= 11 is 6.02. The summed E-state index contributed by atoms with van der Waals surface area (Å²) in [6, 6.07) is 6.04. The summed E-state index contributed by atoms with van der Waals surface area (Å²) in [5, 5.41) is 10.4. The van der Waals surface area contributed by atoms with E-state index >= 15 is 0 Å². The van der Waals surface area contributed by atoms with E-state index in [2.05, 4.69) is 20.9 Å². The van der Waals surface area contributed by atoms with Crippen molar-refractivity contribution in [2.24, 2.45) is 4.99 Å². The third-order valence-electron chi connectivity index (χ3n) is 4.71. The number of hydrogen-bond donors (Lipinski definition) is 3. The smallest absolute Gasteiger partial charge is 0.407 e. The molecule has 0 aromatic heterocycles. The SMILES string of the molecule is CN=C(NCc1ccc(Cl)cc1OC)NC1CCC(NC(=O)OC(C)(C)C)CC1.